The van der Waals surface area contributed by atoms with Crippen LogP contribution in [0.5, 0.6) is 0 Å². The number of rotatable bonds is 7. The Hall–Kier alpha value is -2.71. The molecule has 1 fully saturated rings. The second-order valence-electron chi connectivity index (χ2n) is 9.18. The van der Waals surface area contributed by atoms with Crippen molar-refractivity contribution in [2.45, 2.75) is 51.6 Å². The van der Waals surface area contributed by atoms with Gasteiger partial charge in [0.1, 0.15) is 10.8 Å². The number of carbonyl (C=O) groups is 2. The number of fused-ring (bicyclic) bond motifs is 1. The highest BCUT2D eigenvalue weighted by molar-refractivity contribution is 7.16. The zero-order valence-corrected chi connectivity index (χ0v) is 19.9. The lowest BCUT2D eigenvalue weighted by Gasteiger charge is -2.27. The van der Waals surface area contributed by atoms with Crippen LogP contribution in [0.3, 0.4) is 0 Å². The molecule has 8 heteroatoms. The number of allylic oxidation sites excluding steroid dienone is 4. The minimum absolute atomic E-state index is 0.0664. The number of nitrogens with zero attached hydrogens (tertiary/aromatic N) is 3. The highest BCUT2D eigenvalue weighted by Gasteiger charge is 2.45. The Morgan fingerprint density at radius 1 is 1.33 bits per heavy atom. The maximum atomic E-state index is 12.9. The summed E-state index contributed by atoms with van der Waals surface area (Å²) >= 11 is 1.59. The number of nitrogens with one attached hydrogen (secondary N) is 1. The van der Waals surface area contributed by atoms with Gasteiger partial charge in [-0.2, -0.15) is 0 Å². The molecule has 2 unspecified atom stereocenters. The normalized spacial score (nSPS) is 21.5. The Morgan fingerprint density at radius 3 is 2.94 bits per heavy atom. The van der Waals surface area contributed by atoms with Gasteiger partial charge < -0.3 is 20.5 Å². The van der Waals surface area contributed by atoms with E-state index in [1.807, 2.05) is 22.7 Å². The number of imidazole rings is 1. The molecule has 3 aliphatic rings. The summed E-state index contributed by atoms with van der Waals surface area (Å²) in [6, 6.07) is 0. The van der Waals surface area contributed by atoms with E-state index in [9.17, 15) is 9.59 Å². The predicted molar refractivity (Wildman–Crippen MR) is 130 cm³/mol. The topological polar surface area (TPSA) is 93.2 Å². The van der Waals surface area contributed by atoms with E-state index in [-0.39, 0.29) is 17.7 Å². The Balaban J connectivity index is 1.22. The summed E-state index contributed by atoms with van der Waals surface area (Å²) in [6.07, 6.45) is 15.1. The molecule has 1 saturated carbocycles. The monoisotopic (exact) mass is 465 g/mol. The van der Waals surface area contributed by atoms with Gasteiger partial charge in [0.15, 0.2) is 0 Å². The fourth-order valence-electron chi connectivity index (χ4n) is 5.04. The number of amides is 2. The van der Waals surface area contributed by atoms with E-state index in [2.05, 4.69) is 28.5 Å². The van der Waals surface area contributed by atoms with E-state index in [0.29, 0.717) is 38.4 Å². The van der Waals surface area contributed by atoms with Gasteiger partial charge in [-0.25, -0.2) is 4.98 Å². The van der Waals surface area contributed by atoms with Crippen LogP contribution < -0.4 is 11.1 Å². The fraction of sp³-hybridized carbons (Fsp3) is 0.480. The van der Waals surface area contributed by atoms with Crippen molar-refractivity contribution in [2.75, 3.05) is 11.9 Å². The molecule has 0 radical (unpaired) electrons. The third kappa shape index (κ3) is 4.54. The zero-order chi connectivity index (χ0) is 22.9. The molecule has 2 amide bonds. The third-order valence-corrected chi connectivity index (χ3v) is 8.27. The molecule has 7 nitrogen and oxygen atoms in total. The summed E-state index contributed by atoms with van der Waals surface area (Å²) in [7, 11) is 1.95. The molecule has 1 aliphatic heterocycles. The summed E-state index contributed by atoms with van der Waals surface area (Å²) in [6.45, 7) is 1.68. The molecule has 2 aromatic heterocycles. The van der Waals surface area contributed by atoms with Crippen LogP contribution in [0.1, 0.15) is 47.5 Å². The minimum Gasteiger partial charge on any atom is -0.338 e. The molecule has 0 saturated heterocycles. The van der Waals surface area contributed by atoms with Crippen LogP contribution in [0.2, 0.25) is 0 Å². The maximum absolute atomic E-state index is 12.9. The molecular formula is C25H31N5O2S. The van der Waals surface area contributed by atoms with E-state index < -0.39 is 0 Å². The van der Waals surface area contributed by atoms with Crippen LogP contribution in [0.15, 0.2) is 36.2 Å². The molecule has 5 rings (SSSR count). The van der Waals surface area contributed by atoms with Crippen LogP contribution >= 0.6 is 11.3 Å². The van der Waals surface area contributed by atoms with E-state index in [1.165, 1.54) is 11.1 Å². The lowest BCUT2D eigenvalue weighted by Crippen LogP contribution is -2.35. The summed E-state index contributed by atoms with van der Waals surface area (Å²) in [5.41, 5.74) is 9.76. The number of carbonyl (C=O) groups excluding carboxylic acids is 2. The SMILES string of the molecule is Cn1ccnc1CCC(=O)N1CCc2c(sc(NC(=O)C3CC3C3=CC=CCC3)c2CN)C1. The van der Waals surface area contributed by atoms with Crippen molar-refractivity contribution < 1.29 is 9.59 Å². The van der Waals surface area contributed by atoms with Gasteiger partial charge >= 0.3 is 0 Å². The average Bonchev–Trinajstić information content (AvgIpc) is 3.42. The first kappa shape index (κ1) is 22.1. The van der Waals surface area contributed by atoms with Crippen molar-refractivity contribution >= 4 is 28.2 Å². The van der Waals surface area contributed by atoms with Gasteiger partial charge in [-0.3, -0.25) is 9.59 Å². The standard InChI is InChI=1S/C25H31N5O2S/c1-29-12-10-27-22(29)7-8-23(31)30-11-9-17-20(14-26)25(33-21(17)15-30)28-24(32)19-13-18(19)16-5-3-2-4-6-16/h2-3,5,10,12,18-19H,4,6-9,11,13-15,26H2,1H3,(H,28,32). The van der Waals surface area contributed by atoms with Gasteiger partial charge in [0.2, 0.25) is 11.8 Å². The highest BCUT2D eigenvalue weighted by atomic mass is 32.1. The van der Waals surface area contributed by atoms with E-state index in [1.54, 1.807) is 17.5 Å². The molecular weight excluding hydrogens is 434 g/mol. The highest BCUT2D eigenvalue weighted by Crippen LogP contribution is 2.47. The van der Waals surface area contributed by atoms with Crippen LogP contribution in [0, 0.1) is 11.8 Å². The maximum Gasteiger partial charge on any atom is 0.228 e. The summed E-state index contributed by atoms with van der Waals surface area (Å²) in [4.78, 5) is 33.2. The van der Waals surface area contributed by atoms with Crippen LogP contribution in [0.4, 0.5) is 5.00 Å². The number of aryl methyl sites for hydroxylation is 2. The average molecular weight is 466 g/mol. The van der Waals surface area contributed by atoms with Crippen molar-refractivity contribution in [2.24, 2.45) is 24.6 Å². The molecule has 3 heterocycles. The number of anilines is 1. The number of nitrogens with two attached hydrogens (primary N) is 1. The Morgan fingerprint density at radius 2 is 2.21 bits per heavy atom. The second kappa shape index (κ2) is 9.27. The number of hydrogen-bond donors (Lipinski definition) is 2. The van der Waals surface area contributed by atoms with Crippen molar-refractivity contribution in [1.82, 2.24) is 14.5 Å². The van der Waals surface area contributed by atoms with Gasteiger partial charge in [-0.05, 0) is 37.2 Å². The summed E-state index contributed by atoms with van der Waals surface area (Å²) in [5, 5.41) is 4.06. The molecule has 2 aliphatic carbocycles. The first-order valence-electron chi connectivity index (χ1n) is 11.8. The number of hydrogen-bond acceptors (Lipinski definition) is 5. The number of thiophene rings is 1. The van der Waals surface area contributed by atoms with E-state index in [0.717, 1.165) is 46.9 Å². The van der Waals surface area contributed by atoms with Gasteiger partial charge in [-0.15, -0.1) is 11.3 Å². The predicted octanol–water partition coefficient (Wildman–Crippen LogP) is 3.31. The molecule has 2 aromatic rings. The van der Waals surface area contributed by atoms with Crippen LogP contribution in [-0.2, 0) is 42.6 Å². The Bertz CT molecular complexity index is 1130. The minimum atomic E-state index is 0.0664. The van der Waals surface area contributed by atoms with Crippen molar-refractivity contribution in [3.8, 4) is 0 Å². The van der Waals surface area contributed by atoms with E-state index in [4.69, 9.17) is 5.73 Å². The molecule has 0 spiro atoms. The molecule has 2 atom stereocenters. The second-order valence-corrected chi connectivity index (χ2v) is 10.3. The first-order chi connectivity index (χ1) is 16.0. The van der Waals surface area contributed by atoms with Gasteiger partial charge in [0.05, 0.1) is 6.54 Å². The van der Waals surface area contributed by atoms with Gasteiger partial charge in [-0.1, -0.05) is 23.8 Å². The number of aromatic nitrogens is 2. The third-order valence-electron chi connectivity index (χ3n) is 7.09. The van der Waals surface area contributed by atoms with E-state index >= 15 is 0 Å². The molecule has 3 N–H and O–H groups in total. The lowest BCUT2D eigenvalue weighted by molar-refractivity contribution is -0.132. The fourth-order valence-corrected chi connectivity index (χ4v) is 6.34. The van der Waals surface area contributed by atoms with Crippen molar-refractivity contribution in [1.29, 1.82) is 0 Å². The largest absolute Gasteiger partial charge is 0.338 e. The van der Waals surface area contributed by atoms with Crippen molar-refractivity contribution in [3.63, 3.8) is 0 Å². The lowest BCUT2D eigenvalue weighted by atomic mass is 9.99. The molecule has 0 bridgehead atoms. The van der Waals surface area contributed by atoms with Crippen molar-refractivity contribution in [3.05, 3.63) is 58.0 Å². The Labute approximate surface area is 198 Å². The van der Waals surface area contributed by atoms with Crippen LogP contribution in [-0.4, -0.2) is 32.8 Å². The molecule has 174 valence electrons. The van der Waals surface area contributed by atoms with Gasteiger partial charge in [0, 0.05) is 61.7 Å². The molecule has 0 aromatic carbocycles. The first-order valence-corrected chi connectivity index (χ1v) is 12.6. The van der Waals surface area contributed by atoms with Crippen LogP contribution in [0.25, 0.3) is 0 Å². The van der Waals surface area contributed by atoms with Gasteiger partial charge in [0.25, 0.3) is 0 Å². The Kier molecular flexibility index (Phi) is 6.21. The molecule has 33 heavy (non-hydrogen) atoms. The summed E-state index contributed by atoms with van der Waals surface area (Å²) in [5.74, 6) is 1.62. The summed E-state index contributed by atoms with van der Waals surface area (Å²) < 4.78 is 1.95. The smallest absolute Gasteiger partial charge is 0.228 e. The quantitative estimate of drug-likeness (QED) is 0.656. The zero-order valence-electron chi connectivity index (χ0n) is 19.0.